The molecule has 0 atom stereocenters. The van der Waals surface area contributed by atoms with Gasteiger partial charge in [-0.15, -0.1) is 0 Å². The lowest BCUT2D eigenvalue weighted by Gasteiger charge is -2.18. The minimum absolute atomic E-state index is 0.646. The van der Waals surface area contributed by atoms with Crippen LogP contribution in [0.1, 0.15) is 25.5 Å². The summed E-state index contributed by atoms with van der Waals surface area (Å²) in [5.41, 5.74) is 8.84. The fourth-order valence-electron chi connectivity index (χ4n) is 2.05. The third kappa shape index (κ3) is 2.82. The Morgan fingerprint density at radius 1 is 1.33 bits per heavy atom. The van der Waals surface area contributed by atoms with E-state index < -0.39 is 0 Å². The summed E-state index contributed by atoms with van der Waals surface area (Å²) in [6.45, 7) is 3.95. The van der Waals surface area contributed by atoms with Crippen molar-refractivity contribution in [1.29, 1.82) is 0 Å². The summed E-state index contributed by atoms with van der Waals surface area (Å²) >= 11 is 0. The van der Waals surface area contributed by atoms with Crippen LogP contribution in [0.3, 0.4) is 0 Å². The molecule has 2 N–H and O–H groups in total. The number of pyridine rings is 1. The summed E-state index contributed by atoms with van der Waals surface area (Å²) in [6, 6.07) is 4.20. The van der Waals surface area contributed by atoms with Gasteiger partial charge in [-0.2, -0.15) is 0 Å². The van der Waals surface area contributed by atoms with E-state index in [9.17, 15) is 0 Å². The second-order valence-corrected chi connectivity index (χ2v) is 4.70. The van der Waals surface area contributed by atoms with Gasteiger partial charge < -0.3 is 15.0 Å². The molecule has 0 fully saturated rings. The lowest BCUT2D eigenvalue weighted by atomic mass is 10.3. The fourth-order valence-corrected chi connectivity index (χ4v) is 2.05. The first-order valence-corrected chi connectivity index (χ1v) is 6.63. The molecular weight excluding hydrogens is 224 g/mol. The average Bonchev–Trinajstić information content (AvgIpc) is 2.77. The molecule has 4 nitrogen and oxygen atoms in total. The number of fused-ring (bicyclic) bond motifs is 1. The number of hydrogen-bond donors (Lipinski definition) is 1. The first-order valence-electron chi connectivity index (χ1n) is 6.63. The van der Waals surface area contributed by atoms with E-state index >= 15 is 0 Å². The van der Waals surface area contributed by atoms with Crippen molar-refractivity contribution in [2.75, 3.05) is 25.0 Å². The van der Waals surface area contributed by atoms with Crippen LogP contribution in [-0.2, 0) is 6.42 Å². The topological polar surface area (TPSA) is 46.6 Å². The van der Waals surface area contributed by atoms with Gasteiger partial charge in [-0.1, -0.05) is 13.3 Å². The van der Waals surface area contributed by atoms with Crippen LogP contribution in [0.4, 0.5) is 5.69 Å². The van der Waals surface area contributed by atoms with Crippen molar-refractivity contribution in [1.82, 2.24) is 9.38 Å². The Labute approximate surface area is 108 Å². The van der Waals surface area contributed by atoms with E-state index in [2.05, 4.69) is 52.8 Å². The molecule has 0 aliphatic rings. The predicted molar refractivity (Wildman–Crippen MR) is 76.1 cm³/mol. The van der Waals surface area contributed by atoms with Gasteiger partial charge in [0, 0.05) is 32.4 Å². The van der Waals surface area contributed by atoms with Crippen LogP contribution in [0.25, 0.3) is 5.65 Å². The van der Waals surface area contributed by atoms with Gasteiger partial charge in [-0.05, 0) is 25.1 Å². The number of anilines is 1. The second kappa shape index (κ2) is 5.87. The van der Waals surface area contributed by atoms with E-state index in [1.54, 1.807) is 0 Å². The smallest absolute Gasteiger partial charge is 0.137 e. The van der Waals surface area contributed by atoms with Crippen LogP contribution in [-0.4, -0.2) is 29.5 Å². The normalized spacial score (nSPS) is 11.1. The summed E-state index contributed by atoms with van der Waals surface area (Å²) in [6.07, 6.45) is 7.48. The minimum Gasteiger partial charge on any atom is -0.373 e. The zero-order valence-electron chi connectivity index (χ0n) is 11.3. The molecule has 0 radical (unpaired) electrons. The van der Waals surface area contributed by atoms with E-state index in [0.717, 1.165) is 24.3 Å². The molecule has 0 spiro atoms. The molecule has 18 heavy (non-hydrogen) atoms. The van der Waals surface area contributed by atoms with E-state index in [1.807, 2.05) is 0 Å². The van der Waals surface area contributed by atoms with Gasteiger partial charge in [-0.25, -0.2) is 4.98 Å². The van der Waals surface area contributed by atoms with Crippen LogP contribution >= 0.6 is 0 Å². The Hall–Kier alpha value is -1.55. The molecule has 2 aromatic rings. The van der Waals surface area contributed by atoms with E-state index in [4.69, 9.17) is 5.73 Å². The number of rotatable bonds is 6. The monoisotopic (exact) mass is 246 g/mol. The van der Waals surface area contributed by atoms with E-state index in [0.29, 0.717) is 6.54 Å². The summed E-state index contributed by atoms with van der Waals surface area (Å²) < 4.78 is 2.09. The number of aromatic nitrogens is 2. The Morgan fingerprint density at radius 2 is 2.17 bits per heavy atom. The van der Waals surface area contributed by atoms with Crippen molar-refractivity contribution < 1.29 is 0 Å². The maximum atomic E-state index is 5.56. The molecule has 0 saturated carbocycles. The number of imidazole rings is 1. The van der Waals surface area contributed by atoms with Crippen LogP contribution < -0.4 is 10.6 Å². The molecule has 0 bridgehead atoms. The van der Waals surface area contributed by atoms with Gasteiger partial charge in [-0.3, -0.25) is 0 Å². The lowest BCUT2D eigenvalue weighted by molar-refractivity contribution is 0.765. The van der Waals surface area contributed by atoms with Crippen molar-refractivity contribution in [3.8, 4) is 0 Å². The minimum atomic E-state index is 0.646. The zero-order chi connectivity index (χ0) is 13.0. The van der Waals surface area contributed by atoms with Crippen molar-refractivity contribution >= 4 is 11.3 Å². The number of nitrogens with two attached hydrogens (primary N) is 1. The third-order valence-corrected chi connectivity index (χ3v) is 3.17. The highest BCUT2D eigenvalue weighted by molar-refractivity contribution is 5.52. The lowest BCUT2D eigenvalue weighted by Crippen LogP contribution is -2.18. The summed E-state index contributed by atoms with van der Waals surface area (Å²) in [5, 5.41) is 0. The van der Waals surface area contributed by atoms with Gasteiger partial charge in [0.15, 0.2) is 0 Å². The Kier molecular flexibility index (Phi) is 4.20. The van der Waals surface area contributed by atoms with Gasteiger partial charge in [0.2, 0.25) is 0 Å². The van der Waals surface area contributed by atoms with Crippen LogP contribution in [0, 0.1) is 0 Å². The van der Waals surface area contributed by atoms with Gasteiger partial charge in [0.05, 0.1) is 11.4 Å². The molecule has 0 unspecified atom stereocenters. The summed E-state index contributed by atoms with van der Waals surface area (Å²) in [7, 11) is 2.13. The molecule has 2 rings (SSSR count). The third-order valence-electron chi connectivity index (χ3n) is 3.17. The van der Waals surface area contributed by atoms with E-state index in [1.165, 1.54) is 18.5 Å². The first-order chi connectivity index (χ1) is 8.74. The van der Waals surface area contributed by atoms with Crippen molar-refractivity contribution in [3.05, 3.63) is 30.2 Å². The summed E-state index contributed by atoms with van der Waals surface area (Å²) in [5.74, 6) is 0. The molecule has 4 heteroatoms. The molecule has 0 amide bonds. The molecule has 0 aliphatic carbocycles. The highest BCUT2D eigenvalue weighted by Crippen LogP contribution is 2.15. The second-order valence-electron chi connectivity index (χ2n) is 4.70. The standard InChI is InChI=1S/C14H22N4/c1-3-4-9-17(2)13-5-6-14-16-12(7-8-15)10-18(14)11-13/h5-6,10-11H,3-4,7-9,15H2,1-2H3. The maximum absolute atomic E-state index is 5.56. The first kappa shape index (κ1) is 12.9. The van der Waals surface area contributed by atoms with Crippen LogP contribution in [0.5, 0.6) is 0 Å². The van der Waals surface area contributed by atoms with E-state index in [-0.39, 0.29) is 0 Å². The highest BCUT2D eigenvalue weighted by atomic mass is 15.1. The number of nitrogens with zero attached hydrogens (tertiary/aromatic N) is 3. The van der Waals surface area contributed by atoms with Gasteiger partial charge >= 0.3 is 0 Å². The SMILES string of the molecule is CCCCN(C)c1ccc2nc(CCN)cn2c1. The molecule has 0 aliphatic heterocycles. The van der Waals surface area contributed by atoms with Crippen molar-refractivity contribution in [2.45, 2.75) is 26.2 Å². The van der Waals surface area contributed by atoms with Crippen molar-refractivity contribution in [3.63, 3.8) is 0 Å². The Morgan fingerprint density at radius 3 is 2.89 bits per heavy atom. The largest absolute Gasteiger partial charge is 0.373 e. The molecule has 98 valence electrons. The number of hydrogen-bond acceptors (Lipinski definition) is 3. The van der Waals surface area contributed by atoms with Crippen molar-refractivity contribution in [2.24, 2.45) is 5.73 Å². The average molecular weight is 246 g/mol. The quantitative estimate of drug-likeness (QED) is 0.848. The van der Waals surface area contributed by atoms with Crippen LogP contribution in [0.2, 0.25) is 0 Å². The Bertz CT molecular complexity index is 503. The zero-order valence-corrected chi connectivity index (χ0v) is 11.3. The fraction of sp³-hybridized carbons (Fsp3) is 0.500. The molecule has 2 heterocycles. The summed E-state index contributed by atoms with van der Waals surface area (Å²) in [4.78, 5) is 6.81. The predicted octanol–water partition coefficient (Wildman–Crippen LogP) is 2.07. The van der Waals surface area contributed by atoms with Crippen LogP contribution in [0.15, 0.2) is 24.5 Å². The maximum Gasteiger partial charge on any atom is 0.137 e. The molecular formula is C14H22N4. The molecule has 0 saturated heterocycles. The molecule has 0 aromatic carbocycles. The Balaban J connectivity index is 2.20. The molecule has 2 aromatic heterocycles. The number of unbranched alkanes of at least 4 members (excludes halogenated alkanes) is 1. The van der Waals surface area contributed by atoms with Gasteiger partial charge in [0.1, 0.15) is 5.65 Å². The highest BCUT2D eigenvalue weighted by Gasteiger charge is 2.04. The van der Waals surface area contributed by atoms with Gasteiger partial charge in [0.25, 0.3) is 0 Å².